The van der Waals surface area contributed by atoms with Crippen molar-refractivity contribution in [2.45, 2.75) is 6.92 Å². The number of nitrogens with one attached hydrogen (secondary N) is 1. The maximum Gasteiger partial charge on any atom is 0.215 e. The summed E-state index contributed by atoms with van der Waals surface area (Å²) in [5, 5.41) is 10.8. The molecular formula is C5H10ClN5. The number of hydrogen-bond acceptors (Lipinski definition) is 3. The molecule has 0 aromatic carbocycles. The van der Waals surface area contributed by atoms with Gasteiger partial charge in [0.15, 0.2) is 0 Å². The zero-order valence-electron chi connectivity index (χ0n) is 6.03. The largest absolute Gasteiger partial charge is 0.383 e. The van der Waals surface area contributed by atoms with Crippen molar-refractivity contribution >= 4 is 24.2 Å². The quantitative estimate of drug-likeness (QED) is 0.381. The first-order valence-electron chi connectivity index (χ1n) is 2.78. The summed E-state index contributed by atoms with van der Waals surface area (Å²) in [5.41, 5.74) is 11.3. The number of nitrogens with zero attached hydrogens (tertiary/aromatic N) is 2. The number of nitrogen functional groups attached to an aromatic ring is 2. The zero-order valence-corrected chi connectivity index (χ0v) is 6.85. The normalized spacial score (nSPS) is 8.82. The summed E-state index contributed by atoms with van der Waals surface area (Å²) in [7, 11) is 0. The summed E-state index contributed by atoms with van der Waals surface area (Å²) in [6.07, 6.45) is 0. The van der Waals surface area contributed by atoms with Crippen LogP contribution in [0.4, 0.5) is 5.82 Å². The molecule has 11 heavy (non-hydrogen) atoms. The Bertz CT molecular complexity index is 266. The highest BCUT2D eigenvalue weighted by atomic mass is 35.5. The second-order valence-electron chi connectivity index (χ2n) is 2.01. The molecule has 1 aromatic heterocycles. The maximum absolute atomic E-state index is 6.99. The molecule has 5 N–H and O–H groups in total. The Hall–Kier alpha value is -1.23. The van der Waals surface area contributed by atoms with Crippen molar-refractivity contribution in [1.29, 1.82) is 5.41 Å². The van der Waals surface area contributed by atoms with E-state index < -0.39 is 0 Å². The summed E-state index contributed by atoms with van der Waals surface area (Å²) in [6.45, 7) is 1.79. The Labute approximate surface area is 70.3 Å². The summed E-state index contributed by atoms with van der Waals surface area (Å²) >= 11 is 0. The van der Waals surface area contributed by atoms with Gasteiger partial charge in [-0.15, -0.1) is 12.4 Å². The molecular weight excluding hydrogens is 166 g/mol. The van der Waals surface area contributed by atoms with Crippen molar-refractivity contribution < 1.29 is 0 Å². The molecule has 0 saturated carbocycles. The van der Waals surface area contributed by atoms with Gasteiger partial charge >= 0.3 is 0 Å². The van der Waals surface area contributed by atoms with Crippen LogP contribution >= 0.6 is 12.4 Å². The van der Waals surface area contributed by atoms with E-state index >= 15 is 0 Å². The number of nitrogens with two attached hydrogens (primary N) is 2. The van der Waals surface area contributed by atoms with Gasteiger partial charge in [0.05, 0.1) is 5.69 Å². The fourth-order valence-electron chi connectivity index (χ4n) is 0.712. The first-order valence-corrected chi connectivity index (χ1v) is 2.78. The smallest absolute Gasteiger partial charge is 0.215 e. The lowest BCUT2D eigenvalue weighted by atomic mass is 10.5. The van der Waals surface area contributed by atoms with Crippen molar-refractivity contribution in [3.8, 4) is 0 Å². The van der Waals surface area contributed by atoms with E-state index in [0.29, 0.717) is 5.82 Å². The van der Waals surface area contributed by atoms with Crippen molar-refractivity contribution in [1.82, 2.24) is 9.78 Å². The second-order valence-corrected chi connectivity index (χ2v) is 2.01. The predicted molar refractivity (Wildman–Crippen MR) is 45.9 cm³/mol. The van der Waals surface area contributed by atoms with Gasteiger partial charge in [-0.1, -0.05) is 0 Å². The number of aromatic nitrogens is 2. The van der Waals surface area contributed by atoms with E-state index in [9.17, 15) is 0 Å². The SMILES string of the molecule is Cc1cc(N)n(C(=N)N)n1.Cl. The minimum atomic E-state index is -0.161. The number of aryl methyl sites for hydroxylation is 1. The van der Waals surface area contributed by atoms with E-state index in [2.05, 4.69) is 5.10 Å². The van der Waals surface area contributed by atoms with Crippen LogP contribution in [0.15, 0.2) is 6.07 Å². The van der Waals surface area contributed by atoms with E-state index in [4.69, 9.17) is 16.9 Å². The maximum atomic E-state index is 6.99. The second kappa shape index (κ2) is 3.25. The molecule has 1 aromatic rings. The fourth-order valence-corrected chi connectivity index (χ4v) is 0.712. The van der Waals surface area contributed by atoms with Gasteiger partial charge in [-0.2, -0.15) is 9.78 Å². The molecule has 6 heteroatoms. The summed E-state index contributed by atoms with van der Waals surface area (Å²) < 4.78 is 1.18. The monoisotopic (exact) mass is 175 g/mol. The molecule has 1 rings (SSSR count). The lowest BCUT2D eigenvalue weighted by Gasteiger charge is -1.96. The molecule has 1 heterocycles. The molecule has 0 unspecified atom stereocenters. The van der Waals surface area contributed by atoms with Crippen molar-refractivity contribution in [3.05, 3.63) is 11.8 Å². The van der Waals surface area contributed by atoms with E-state index in [1.54, 1.807) is 13.0 Å². The van der Waals surface area contributed by atoms with Crippen LogP contribution in [0.5, 0.6) is 0 Å². The number of anilines is 1. The van der Waals surface area contributed by atoms with Crippen molar-refractivity contribution in [3.63, 3.8) is 0 Å². The Balaban J connectivity index is 0.000001000. The van der Waals surface area contributed by atoms with Gasteiger partial charge in [-0.05, 0) is 6.92 Å². The highest BCUT2D eigenvalue weighted by molar-refractivity contribution is 5.85. The molecule has 0 radical (unpaired) electrons. The van der Waals surface area contributed by atoms with Crippen LogP contribution in [0.25, 0.3) is 0 Å². The third kappa shape index (κ3) is 1.84. The van der Waals surface area contributed by atoms with Crippen molar-refractivity contribution in [2.75, 3.05) is 5.73 Å². The zero-order chi connectivity index (χ0) is 7.72. The molecule has 0 atom stereocenters. The van der Waals surface area contributed by atoms with Crippen LogP contribution < -0.4 is 11.5 Å². The molecule has 0 saturated heterocycles. The fraction of sp³-hybridized carbons (Fsp3) is 0.200. The Kier molecular flexibility index (Phi) is 2.88. The van der Waals surface area contributed by atoms with Crippen LogP contribution in [0.2, 0.25) is 0 Å². The molecule has 0 amide bonds. The third-order valence-corrected chi connectivity index (χ3v) is 1.09. The summed E-state index contributed by atoms with van der Waals surface area (Å²) in [5.74, 6) is 0.232. The van der Waals surface area contributed by atoms with Crippen LogP contribution in [-0.2, 0) is 0 Å². The molecule has 0 bridgehead atoms. The summed E-state index contributed by atoms with van der Waals surface area (Å²) in [6, 6.07) is 1.65. The minimum Gasteiger partial charge on any atom is -0.383 e. The topological polar surface area (TPSA) is 93.7 Å². The van der Waals surface area contributed by atoms with Gasteiger partial charge in [-0.3, -0.25) is 5.41 Å². The molecule has 62 valence electrons. The van der Waals surface area contributed by atoms with Crippen LogP contribution in [-0.4, -0.2) is 15.7 Å². The van der Waals surface area contributed by atoms with Gasteiger partial charge in [-0.25, -0.2) is 0 Å². The Morgan fingerprint density at radius 2 is 2.27 bits per heavy atom. The molecule has 0 fully saturated rings. The van der Waals surface area contributed by atoms with Crippen LogP contribution in [0, 0.1) is 12.3 Å². The lowest BCUT2D eigenvalue weighted by Crippen LogP contribution is -2.23. The van der Waals surface area contributed by atoms with E-state index in [1.807, 2.05) is 0 Å². The molecule has 0 aliphatic carbocycles. The molecule has 0 aliphatic heterocycles. The highest BCUT2D eigenvalue weighted by Gasteiger charge is 2.01. The molecule has 5 nitrogen and oxygen atoms in total. The van der Waals surface area contributed by atoms with Gasteiger partial charge in [0.25, 0.3) is 0 Å². The van der Waals surface area contributed by atoms with Gasteiger partial charge < -0.3 is 11.5 Å². The lowest BCUT2D eigenvalue weighted by molar-refractivity contribution is 0.901. The first-order chi connectivity index (χ1) is 4.61. The Morgan fingerprint density at radius 3 is 2.45 bits per heavy atom. The summed E-state index contributed by atoms with van der Waals surface area (Å²) in [4.78, 5) is 0. The molecule has 0 spiro atoms. The predicted octanol–water partition coefficient (Wildman–Crippen LogP) is -0.0629. The third-order valence-electron chi connectivity index (χ3n) is 1.09. The number of halogens is 1. The van der Waals surface area contributed by atoms with E-state index in [-0.39, 0.29) is 18.4 Å². The van der Waals surface area contributed by atoms with Crippen LogP contribution in [0.1, 0.15) is 5.69 Å². The van der Waals surface area contributed by atoms with Gasteiger partial charge in [0, 0.05) is 6.07 Å². The average Bonchev–Trinajstić information content (AvgIpc) is 2.10. The van der Waals surface area contributed by atoms with Gasteiger partial charge in [0.2, 0.25) is 5.96 Å². The average molecular weight is 176 g/mol. The highest BCUT2D eigenvalue weighted by Crippen LogP contribution is 2.02. The van der Waals surface area contributed by atoms with Gasteiger partial charge in [0.1, 0.15) is 5.82 Å². The Morgan fingerprint density at radius 1 is 1.73 bits per heavy atom. The van der Waals surface area contributed by atoms with Crippen molar-refractivity contribution in [2.24, 2.45) is 5.73 Å². The number of hydrogen-bond donors (Lipinski definition) is 3. The minimum absolute atomic E-state index is 0. The van der Waals surface area contributed by atoms with Crippen LogP contribution in [0.3, 0.4) is 0 Å². The molecule has 0 aliphatic rings. The first kappa shape index (κ1) is 9.77. The van der Waals surface area contributed by atoms with E-state index in [0.717, 1.165) is 5.69 Å². The number of rotatable bonds is 0. The standard InChI is InChI=1S/C5H9N5.ClH/c1-3-2-4(6)10(9-3)5(7)8;/h2H,6H2,1H3,(H3,7,8);1H. The van der Waals surface area contributed by atoms with E-state index in [1.165, 1.54) is 4.68 Å².